The van der Waals surface area contributed by atoms with E-state index < -0.39 is 6.09 Å². The van der Waals surface area contributed by atoms with E-state index >= 15 is 0 Å². The lowest BCUT2D eigenvalue weighted by Crippen LogP contribution is -2.40. The van der Waals surface area contributed by atoms with Gasteiger partial charge in [-0.05, 0) is 18.8 Å². The van der Waals surface area contributed by atoms with E-state index in [4.69, 9.17) is 5.11 Å². The van der Waals surface area contributed by atoms with E-state index in [-0.39, 0.29) is 17.8 Å². The lowest BCUT2D eigenvalue weighted by atomic mass is 9.85. The van der Waals surface area contributed by atoms with Gasteiger partial charge in [-0.25, -0.2) is 4.79 Å². The van der Waals surface area contributed by atoms with Crippen LogP contribution in [-0.4, -0.2) is 42.3 Å². The van der Waals surface area contributed by atoms with Crippen LogP contribution in [0.5, 0.6) is 0 Å². The summed E-state index contributed by atoms with van der Waals surface area (Å²) in [6.07, 6.45) is 0.602. The monoisotopic (exact) mass is 215 g/mol. The summed E-state index contributed by atoms with van der Waals surface area (Å²) in [6, 6.07) is 0. The molecule has 1 aliphatic heterocycles. The highest BCUT2D eigenvalue weighted by atomic mass is 16.5. The minimum absolute atomic E-state index is 0.133. The van der Waals surface area contributed by atoms with Crippen molar-refractivity contribution in [2.75, 3.05) is 20.2 Å². The molecule has 0 aromatic rings. The number of methoxy groups -OCH3 is 1. The smallest absolute Gasteiger partial charge is 0.407 e. The normalized spacial score (nSPS) is 19.7. The summed E-state index contributed by atoms with van der Waals surface area (Å²) in [5.41, 5.74) is 0. The first-order valence-electron chi connectivity index (χ1n) is 5.12. The van der Waals surface area contributed by atoms with Gasteiger partial charge in [0.25, 0.3) is 0 Å². The molecular weight excluding hydrogens is 198 g/mol. The molecule has 1 atom stereocenters. The van der Waals surface area contributed by atoms with E-state index in [2.05, 4.69) is 4.74 Å². The van der Waals surface area contributed by atoms with Gasteiger partial charge < -0.3 is 14.7 Å². The maximum atomic E-state index is 11.3. The fourth-order valence-electron chi connectivity index (χ4n) is 1.97. The number of hydrogen-bond acceptors (Lipinski definition) is 3. The Labute approximate surface area is 89.0 Å². The number of nitrogens with zero attached hydrogens (tertiary/aromatic N) is 1. The van der Waals surface area contributed by atoms with Crippen molar-refractivity contribution in [3.05, 3.63) is 0 Å². The van der Waals surface area contributed by atoms with Gasteiger partial charge in [-0.15, -0.1) is 0 Å². The zero-order valence-corrected chi connectivity index (χ0v) is 9.10. The van der Waals surface area contributed by atoms with Crippen molar-refractivity contribution in [3.8, 4) is 0 Å². The van der Waals surface area contributed by atoms with E-state index in [0.29, 0.717) is 13.1 Å². The first-order valence-corrected chi connectivity index (χ1v) is 5.12. The van der Waals surface area contributed by atoms with Crippen LogP contribution in [0.4, 0.5) is 4.79 Å². The van der Waals surface area contributed by atoms with Crippen LogP contribution < -0.4 is 0 Å². The minimum atomic E-state index is -0.876. The number of carbonyl (C=O) groups is 2. The van der Waals surface area contributed by atoms with Gasteiger partial charge >= 0.3 is 12.1 Å². The van der Waals surface area contributed by atoms with Crippen molar-refractivity contribution < 1.29 is 19.4 Å². The van der Waals surface area contributed by atoms with E-state index in [1.165, 1.54) is 12.0 Å². The van der Waals surface area contributed by atoms with Crippen LogP contribution in [0, 0.1) is 11.8 Å². The standard InChI is InChI=1S/C10H17NO4/c1-7(9(12)15-2)8-3-5-11(6-4-8)10(13)14/h7-8H,3-6H2,1-2H3,(H,13,14). The average Bonchev–Trinajstić information content (AvgIpc) is 2.27. The Morgan fingerprint density at radius 1 is 1.40 bits per heavy atom. The number of hydrogen-bond donors (Lipinski definition) is 1. The maximum absolute atomic E-state index is 11.3. The lowest BCUT2D eigenvalue weighted by molar-refractivity contribution is -0.147. The van der Waals surface area contributed by atoms with Crippen LogP contribution in [0.3, 0.4) is 0 Å². The highest BCUT2D eigenvalue weighted by molar-refractivity contribution is 5.72. The minimum Gasteiger partial charge on any atom is -0.469 e. The molecule has 1 saturated heterocycles. The predicted octanol–water partition coefficient (Wildman–Crippen LogP) is 1.19. The second-order valence-corrected chi connectivity index (χ2v) is 3.92. The van der Waals surface area contributed by atoms with Crippen molar-refractivity contribution >= 4 is 12.1 Å². The molecule has 0 radical (unpaired) electrons. The molecule has 86 valence electrons. The van der Waals surface area contributed by atoms with Crippen molar-refractivity contribution in [3.63, 3.8) is 0 Å². The molecule has 1 amide bonds. The zero-order valence-electron chi connectivity index (χ0n) is 9.10. The molecule has 0 aromatic carbocycles. The van der Waals surface area contributed by atoms with Gasteiger partial charge in [0.05, 0.1) is 13.0 Å². The molecule has 5 heteroatoms. The predicted molar refractivity (Wildman–Crippen MR) is 53.5 cm³/mol. The van der Waals surface area contributed by atoms with Gasteiger partial charge in [-0.3, -0.25) is 4.79 Å². The average molecular weight is 215 g/mol. The first-order chi connectivity index (χ1) is 7.06. The molecule has 0 aromatic heterocycles. The van der Waals surface area contributed by atoms with E-state index in [9.17, 15) is 9.59 Å². The second-order valence-electron chi connectivity index (χ2n) is 3.92. The van der Waals surface area contributed by atoms with E-state index in [0.717, 1.165) is 12.8 Å². The molecule has 1 rings (SSSR count). The zero-order chi connectivity index (χ0) is 11.4. The van der Waals surface area contributed by atoms with Gasteiger partial charge in [-0.1, -0.05) is 6.92 Å². The highest BCUT2D eigenvalue weighted by Gasteiger charge is 2.29. The number of carboxylic acid groups (broad SMARTS) is 1. The van der Waals surface area contributed by atoms with Crippen molar-refractivity contribution in [1.82, 2.24) is 4.90 Å². The maximum Gasteiger partial charge on any atom is 0.407 e. The molecule has 0 saturated carbocycles. The Hall–Kier alpha value is -1.26. The number of rotatable bonds is 2. The summed E-state index contributed by atoms with van der Waals surface area (Å²) in [4.78, 5) is 23.3. The number of carbonyl (C=O) groups excluding carboxylic acids is 1. The number of ether oxygens (including phenoxy) is 1. The fourth-order valence-corrected chi connectivity index (χ4v) is 1.97. The summed E-state index contributed by atoms with van der Waals surface area (Å²) < 4.78 is 4.67. The summed E-state index contributed by atoms with van der Waals surface area (Å²) in [7, 11) is 1.38. The van der Waals surface area contributed by atoms with Crippen LogP contribution >= 0.6 is 0 Å². The molecule has 15 heavy (non-hydrogen) atoms. The summed E-state index contributed by atoms with van der Waals surface area (Å²) in [5.74, 6) is -0.0947. The molecule has 1 N–H and O–H groups in total. The highest BCUT2D eigenvalue weighted by Crippen LogP contribution is 2.25. The van der Waals surface area contributed by atoms with Crippen LogP contribution in [-0.2, 0) is 9.53 Å². The molecular formula is C10H17NO4. The van der Waals surface area contributed by atoms with Crippen molar-refractivity contribution in [2.24, 2.45) is 11.8 Å². The van der Waals surface area contributed by atoms with Gasteiger partial charge in [-0.2, -0.15) is 0 Å². The van der Waals surface area contributed by atoms with Crippen molar-refractivity contribution in [2.45, 2.75) is 19.8 Å². The summed E-state index contributed by atoms with van der Waals surface area (Å²) >= 11 is 0. The van der Waals surface area contributed by atoms with Crippen LogP contribution in [0.15, 0.2) is 0 Å². The number of amides is 1. The van der Waals surface area contributed by atoms with Crippen LogP contribution in [0.1, 0.15) is 19.8 Å². The largest absolute Gasteiger partial charge is 0.469 e. The number of piperidine rings is 1. The van der Waals surface area contributed by atoms with Crippen LogP contribution in [0.2, 0.25) is 0 Å². The van der Waals surface area contributed by atoms with E-state index in [1.807, 2.05) is 6.92 Å². The molecule has 0 spiro atoms. The first kappa shape index (κ1) is 11.8. The SMILES string of the molecule is COC(=O)C(C)C1CCN(C(=O)O)CC1. The fraction of sp³-hybridized carbons (Fsp3) is 0.800. The molecule has 1 unspecified atom stereocenters. The molecule has 1 fully saturated rings. The third-order valence-corrected chi connectivity index (χ3v) is 3.09. The summed E-state index contributed by atoms with van der Waals surface area (Å²) in [6.45, 7) is 2.87. The van der Waals surface area contributed by atoms with Gasteiger partial charge in [0.1, 0.15) is 0 Å². The van der Waals surface area contributed by atoms with Crippen LogP contribution in [0.25, 0.3) is 0 Å². The molecule has 0 bridgehead atoms. The van der Waals surface area contributed by atoms with Gasteiger partial charge in [0, 0.05) is 13.1 Å². The van der Waals surface area contributed by atoms with Gasteiger partial charge in [0.2, 0.25) is 0 Å². The quantitative estimate of drug-likeness (QED) is 0.702. The Kier molecular flexibility index (Phi) is 3.94. The Bertz CT molecular complexity index is 246. The Morgan fingerprint density at radius 2 is 1.93 bits per heavy atom. The number of esters is 1. The molecule has 0 aliphatic carbocycles. The van der Waals surface area contributed by atoms with E-state index in [1.54, 1.807) is 0 Å². The Balaban J connectivity index is 2.43. The molecule has 1 aliphatic rings. The number of likely N-dealkylation sites (tertiary alicyclic amines) is 1. The topological polar surface area (TPSA) is 66.8 Å². The second kappa shape index (κ2) is 5.00. The summed E-state index contributed by atoms with van der Waals surface area (Å²) in [5, 5.41) is 8.75. The molecule has 5 nitrogen and oxygen atoms in total. The third kappa shape index (κ3) is 2.84. The van der Waals surface area contributed by atoms with Crippen molar-refractivity contribution in [1.29, 1.82) is 0 Å². The lowest BCUT2D eigenvalue weighted by Gasteiger charge is -2.32. The molecule has 1 heterocycles. The van der Waals surface area contributed by atoms with Gasteiger partial charge in [0.15, 0.2) is 0 Å². The third-order valence-electron chi connectivity index (χ3n) is 3.09. The Morgan fingerprint density at radius 3 is 2.33 bits per heavy atom.